The van der Waals surface area contributed by atoms with Gasteiger partial charge < -0.3 is 10.1 Å². The molecule has 0 aliphatic heterocycles. The second-order valence-electron chi connectivity index (χ2n) is 4.97. The first-order valence-electron chi connectivity index (χ1n) is 6.56. The second kappa shape index (κ2) is 4.94. The first-order valence-corrected chi connectivity index (χ1v) is 6.56. The van der Waals surface area contributed by atoms with E-state index in [1.54, 1.807) is 6.20 Å². The summed E-state index contributed by atoms with van der Waals surface area (Å²) >= 11 is 0. The predicted octanol–water partition coefficient (Wildman–Crippen LogP) is 2.75. The molecule has 1 unspecified atom stereocenters. The lowest BCUT2D eigenvalue weighted by Crippen LogP contribution is -2.30. The van der Waals surface area contributed by atoms with Crippen LogP contribution in [-0.2, 0) is 0 Å². The molecule has 3 nitrogen and oxygen atoms in total. The van der Waals surface area contributed by atoms with Crippen molar-refractivity contribution >= 4 is 10.9 Å². The van der Waals surface area contributed by atoms with E-state index in [1.165, 1.54) is 12.8 Å². The molecule has 18 heavy (non-hydrogen) atoms. The zero-order valence-electron chi connectivity index (χ0n) is 10.6. The molecule has 3 heteroatoms. The van der Waals surface area contributed by atoms with Crippen LogP contribution in [0, 0.1) is 0 Å². The molecule has 1 aliphatic rings. The SMILES string of the molecule is CC(CNC1CC1)Oc1cnc2ccccc2c1. The van der Waals surface area contributed by atoms with Gasteiger partial charge in [0.2, 0.25) is 0 Å². The highest BCUT2D eigenvalue weighted by Crippen LogP contribution is 2.20. The molecule has 94 valence electrons. The van der Waals surface area contributed by atoms with Gasteiger partial charge in [-0.05, 0) is 31.9 Å². The summed E-state index contributed by atoms with van der Waals surface area (Å²) in [7, 11) is 0. The van der Waals surface area contributed by atoms with Crippen molar-refractivity contribution < 1.29 is 4.74 Å². The van der Waals surface area contributed by atoms with Gasteiger partial charge in [-0.1, -0.05) is 18.2 Å². The largest absolute Gasteiger partial charge is 0.488 e. The zero-order valence-corrected chi connectivity index (χ0v) is 10.6. The molecule has 1 fully saturated rings. The number of hydrogen-bond acceptors (Lipinski definition) is 3. The lowest BCUT2D eigenvalue weighted by molar-refractivity contribution is 0.216. The number of para-hydroxylation sites is 1. The molecule has 0 amide bonds. The summed E-state index contributed by atoms with van der Waals surface area (Å²) in [5.41, 5.74) is 1.01. The number of nitrogens with zero attached hydrogens (tertiary/aromatic N) is 1. The summed E-state index contributed by atoms with van der Waals surface area (Å²) in [4.78, 5) is 4.40. The van der Waals surface area contributed by atoms with Gasteiger partial charge in [0, 0.05) is 18.0 Å². The van der Waals surface area contributed by atoms with Crippen molar-refractivity contribution in [3.8, 4) is 5.75 Å². The van der Waals surface area contributed by atoms with Crippen molar-refractivity contribution in [1.29, 1.82) is 0 Å². The molecule has 0 spiro atoms. The Morgan fingerprint density at radius 1 is 1.39 bits per heavy atom. The van der Waals surface area contributed by atoms with E-state index in [0.717, 1.165) is 29.2 Å². The predicted molar refractivity (Wildman–Crippen MR) is 72.9 cm³/mol. The molecule has 3 rings (SSSR count). The van der Waals surface area contributed by atoms with Gasteiger partial charge in [-0.25, -0.2) is 0 Å². The molecular weight excluding hydrogens is 224 g/mol. The van der Waals surface area contributed by atoms with Gasteiger partial charge in [-0.15, -0.1) is 0 Å². The van der Waals surface area contributed by atoms with Crippen LogP contribution in [0.5, 0.6) is 5.75 Å². The van der Waals surface area contributed by atoms with E-state index in [1.807, 2.05) is 18.2 Å². The fourth-order valence-corrected chi connectivity index (χ4v) is 2.01. The van der Waals surface area contributed by atoms with E-state index in [-0.39, 0.29) is 6.10 Å². The lowest BCUT2D eigenvalue weighted by Gasteiger charge is -2.15. The maximum atomic E-state index is 5.88. The highest BCUT2D eigenvalue weighted by Gasteiger charge is 2.21. The number of nitrogens with one attached hydrogen (secondary N) is 1. The molecule has 0 saturated heterocycles. The minimum atomic E-state index is 0.175. The average Bonchev–Trinajstić information content (AvgIpc) is 3.20. The summed E-state index contributed by atoms with van der Waals surface area (Å²) in [6.07, 6.45) is 4.60. The van der Waals surface area contributed by atoms with Gasteiger partial charge in [0.15, 0.2) is 0 Å². The minimum Gasteiger partial charge on any atom is -0.488 e. The molecule has 1 atom stereocenters. The van der Waals surface area contributed by atoms with Crippen molar-refractivity contribution in [2.24, 2.45) is 0 Å². The Morgan fingerprint density at radius 2 is 2.22 bits per heavy atom. The highest BCUT2D eigenvalue weighted by molar-refractivity contribution is 5.79. The Kier molecular flexibility index (Phi) is 3.15. The van der Waals surface area contributed by atoms with Crippen molar-refractivity contribution in [3.05, 3.63) is 36.5 Å². The maximum absolute atomic E-state index is 5.88. The summed E-state index contributed by atoms with van der Waals surface area (Å²) in [5, 5.41) is 4.59. The quantitative estimate of drug-likeness (QED) is 0.875. The van der Waals surface area contributed by atoms with Crippen molar-refractivity contribution in [2.75, 3.05) is 6.54 Å². The van der Waals surface area contributed by atoms with E-state index in [4.69, 9.17) is 4.74 Å². The van der Waals surface area contributed by atoms with Crippen molar-refractivity contribution in [2.45, 2.75) is 31.9 Å². The fourth-order valence-electron chi connectivity index (χ4n) is 2.01. The summed E-state index contributed by atoms with van der Waals surface area (Å²) < 4.78 is 5.88. The van der Waals surface area contributed by atoms with E-state index in [0.29, 0.717) is 0 Å². The molecule has 1 aliphatic carbocycles. The minimum absolute atomic E-state index is 0.175. The number of ether oxygens (including phenoxy) is 1. The lowest BCUT2D eigenvalue weighted by atomic mass is 10.2. The molecule has 0 radical (unpaired) electrons. The van der Waals surface area contributed by atoms with E-state index < -0.39 is 0 Å². The van der Waals surface area contributed by atoms with Crippen molar-refractivity contribution in [1.82, 2.24) is 10.3 Å². The maximum Gasteiger partial charge on any atom is 0.138 e. The van der Waals surface area contributed by atoms with Crippen LogP contribution in [0.2, 0.25) is 0 Å². The van der Waals surface area contributed by atoms with Gasteiger partial charge >= 0.3 is 0 Å². The smallest absolute Gasteiger partial charge is 0.138 e. The highest BCUT2D eigenvalue weighted by atomic mass is 16.5. The van der Waals surface area contributed by atoms with E-state index >= 15 is 0 Å². The molecular formula is C15H18N2O. The average molecular weight is 242 g/mol. The van der Waals surface area contributed by atoms with Gasteiger partial charge in [0.25, 0.3) is 0 Å². The van der Waals surface area contributed by atoms with Crippen LogP contribution < -0.4 is 10.1 Å². The number of benzene rings is 1. The summed E-state index contributed by atoms with van der Waals surface area (Å²) in [6, 6.07) is 10.9. The van der Waals surface area contributed by atoms with Crippen LogP contribution in [0.3, 0.4) is 0 Å². The van der Waals surface area contributed by atoms with Crippen LogP contribution in [0.4, 0.5) is 0 Å². The first kappa shape index (κ1) is 11.5. The Balaban J connectivity index is 1.65. The monoisotopic (exact) mass is 242 g/mol. The number of pyridine rings is 1. The van der Waals surface area contributed by atoms with E-state index in [2.05, 4.69) is 29.4 Å². The first-order chi connectivity index (χ1) is 8.81. The number of aromatic nitrogens is 1. The Morgan fingerprint density at radius 3 is 3.06 bits per heavy atom. The third kappa shape index (κ3) is 2.79. The van der Waals surface area contributed by atoms with Gasteiger partial charge in [-0.3, -0.25) is 4.98 Å². The molecule has 1 aromatic heterocycles. The van der Waals surface area contributed by atoms with Crippen LogP contribution >= 0.6 is 0 Å². The topological polar surface area (TPSA) is 34.1 Å². The number of fused-ring (bicyclic) bond motifs is 1. The summed E-state index contributed by atoms with van der Waals surface area (Å²) in [6.45, 7) is 2.99. The molecule has 1 saturated carbocycles. The third-order valence-electron chi connectivity index (χ3n) is 3.17. The van der Waals surface area contributed by atoms with Crippen LogP contribution in [0.15, 0.2) is 36.5 Å². The van der Waals surface area contributed by atoms with Crippen LogP contribution in [-0.4, -0.2) is 23.7 Å². The number of rotatable bonds is 5. The Labute approximate surface area is 107 Å². The van der Waals surface area contributed by atoms with Crippen molar-refractivity contribution in [3.63, 3.8) is 0 Å². The molecule has 1 aromatic carbocycles. The third-order valence-corrected chi connectivity index (χ3v) is 3.17. The molecule has 1 heterocycles. The Hall–Kier alpha value is -1.61. The molecule has 2 aromatic rings. The number of hydrogen-bond donors (Lipinski definition) is 1. The standard InChI is InChI=1S/C15H18N2O/c1-11(9-16-13-6-7-13)18-14-8-12-4-2-3-5-15(12)17-10-14/h2-5,8,10-11,13,16H,6-7,9H2,1H3. The zero-order chi connectivity index (χ0) is 12.4. The summed E-state index contributed by atoms with van der Waals surface area (Å²) in [5.74, 6) is 0.846. The molecule has 1 N–H and O–H groups in total. The fraction of sp³-hybridized carbons (Fsp3) is 0.400. The van der Waals surface area contributed by atoms with Crippen LogP contribution in [0.1, 0.15) is 19.8 Å². The molecule has 0 bridgehead atoms. The van der Waals surface area contributed by atoms with Gasteiger partial charge in [0.1, 0.15) is 11.9 Å². The van der Waals surface area contributed by atoms with Gasteiger partial charge in [0.05, 0.1) is 11.7 Å². The van der Waals surface area contributed by atoms with Gasteiger partial charge in [-0.2, -0.15) is 0 Å². The normalized spacial score (nSPS) is 16.7. The Bertz CT molecular complexity index is 537. The van der Waals surface area contributed by atoms with E-state index in [9.17, 15) is 0 Å². The second-order valence-corrected chi connectivity index (χ2v) is 4.97. The van der Waals surface area contributed by atoms with Crippen LogP contribution in [0.25, 0.3) is 10.9 Å².